The number of hydrogen-bond acceptors (Lipinski definition) is 3. The van der Waals surface area contributed by atoms with Crippen molar-refractivity contribution in [3.8, 4) is 5.75 Å². The summed E-state index contributed by atoms with van der Waals surface area (Å²) in [4.78, 5) is 0. The summed E-state index contributed by atoms with van der Waals surface area (Å²) in [6.07, 6.45) is 4.60. The topological polar surface area (TPSA) is 33.3 Å². The molecule has 0 amide bonds. The Balaban J connectivity index is 1.39. The standard InChI is InChI=1S/C20H26N2O/c1-23-19-7-4-16(5-8-19)10-13-21-14-11-17-6-9-20-18(15-17)3-2-12-22-20/h4-9,15,21-22H,2-3,10-14H2,1H3. The van der Waals surface area contributed by atoms with E-state index in [1.165, 1.54) is 35.2 Å². The smallest absolute Gasteiger partial charge is 0.118 e. The Kier molecular flexibility index (Phi) is 5.54. The van der Waals surface area contributed by atoms with E-state index < -0.39 is 0 Å². The molecule has 1 heterocycles. The summed E-state index contributed by atoms with van der Waals surface area (Å²) in [5, 5.41) is 7.01. The zero-order valence-electron chi connectivity index (χ0n) is 13.9. The second-order valence-corrected chi connectivity index (χ2v) is 6.12. The number of fused-ring (bicyclic) bond motifs is 1. The summed E-state index contributed by atoms with van der Waals surface area (Å²) in [5.41, 5.74) is 5.59. The molecule has 0 spiro atoms. The third-order valence-corrected chi connectivity index (χ3v) is 4.45. The number of hydrogen-bond donors (Lipinski definition) is 2. The Morgan fingerprint density at radius 1 is 1.00 bits per heavy atom. The average molecular weight is 310 g/mol. The van der Waals surface area contributed by atoms with Gasteiger partial charge >= 0.3 is 0 Å². The van der Waals surface area contributed by atoms with Crippen molar-refractivity contribution < 1.29 is 4.74 Å². The molecule has 0 aromatic heterocycles. The molecular formula is C20H26N2O. The Bertz CT molecular complexity index is 622. The van der Waals surface area contributed by atoms with Gasteiger partial charge in [0.1, 0.15) is 5.75 Å². The van der Waals surface area contributed by atoms with Crippen LogP contribution in [0.25, 0.3) is 0 Å². The maximum atomic E-state index is 5.18. The second kappa shape index (κ2) is 8.02. The lowest BCUT2D eigenvalue weighted by molar-refractivity contribution is 0.414. The van der Waals surface area contributed by atoms with E-state index in [4.69, 9.17) is 4.74 Å². The highest BCUT2D eigenvalue weighted by molar-refractivity contribution is 5.54. The van der Waals surface area contributed by atoms with Gasteiger partial charge < -0.3 is 15.4 Å². The van der Waals surface area contributed by atoms with Gasteiger partial charge in [0.25, 0.3) is 0 Å². The molecule has 3 rings (SSSR count). The molecule has 3 heteroatoms. The molecule has 2 aromatic rings. The average Bonchev–Trinajstić information content (AvgIpc) is 2.62. The molecular weight excluding hydrogens is 284 g/mol. The zero-order valence-corrected chi connectivity index (χ0v) is 13.9. The number of ether oxygens (including phenoxy) is 1. The Labute approximate surface area is 139 Å². The number of anilines is 1. The maximum Gasteiger partial charge on any atom is 0.118 e. The van der Waals surface area contributed by atoms with Crippen LogP contribution in [0, 0.1) is 0 Å². The van der Waals surface area contributed by atoms with E-state index in [0.29, 0.717) is 0 Å². The molecule has 0 saturated carbocycles. The van der Waals surface area contributed by atoms with Crippen molar-refractivity contribution >= 4 is 5.69 Å². The van der Waals surface area contributed by atoms with Crippen molar-refractivity contribution in [3.63, 3.8) is 0 Å². The van der Waals surface area contributed by atoms with E-state index in [1.807, 2.05) is 12.1 Å². The predicted octanol–water partition coefficient (Wildman–Crippen LogP) is 3.43. The van der Waals surface area contributed by atoms with Crippen molar-refractivity contribution in [1.82, 2.24) is 5.32 Å². The normalized spacial score (nSPS) is 13.3. The number of rotatable bonds is 7. The van der Waals surface area contributed by atoms with Crippen LogP contribution in [0.3, 0.4) is 0 Å². The first-order valence-electron chi connectivity index (χ1n) is 8.54. The molecule has 0 atom stereocenters. The fraction of sp³-hybridized carbons (Fsp3) is 0.400. The minimum atomic E-state index is 0.920. The van der Waals surface area contributed by atoms with Gasteiger partial charge in [-0.2, -0.15) is 0 Å². The Hall–Kier alpha value is -2.00. The molecule has 2 N–H and O–H groups in total. The summed E-state index contributed by atoms with van der Waals surface area (Å²) in [7, 11) is 1.70. The summed E-state index contributed by atoms with van der Waals surface area (Å²) < 4.78 is 5.18. The molecule has 0 saturated heterocycles. The van der Waals surface area contributed by atoms with Gasteiger partial charge in [-0.3, -0.25) is 0 Å². The maximum absolute atomic E-state index is 5.18. The van der Waals surface area contributed by atoms with Gasteiger partial charge in [0.05, 0.1) is 7.11 Å². The van der Waals surface area contributed by atoms with Crippen molar-refractivity contribution in [3.05, 3.63) is 59.2 Å². The van der Waals surface area contributed by atoms with Crippen molar-refractivity contribution in [2.24, 2.45) is 0 Å². The monoisotopic (exact) mass is 310 g/mol. The first-order chi connectivity index (χ1) is 11.3. The van der Waals surface area contributed by atoms with Crippen LogP contribution in [-0.2, 0) is 19.3 Å². The van der Waals surface area contributed by atoms with Gasteiger partial charge in [0.2, 0.25) is 0 Å². The van der Waals surface area contributed by atoms with Gasteiger partial charge in [-0.15, -0.1) is 0 Å². The van der Waals surface area contributed by atoms with Crippen molar-refractivity contribution in [1.29, 1.82) is 0 Å². The second-order valence-electron chi connectivity index (χ2n) is 6.12. The lowest BCUT2D eigenvalue weighted by atomic mass is 9.99. The van der Waals surface area contributed by atoms with E-state index in [-0.39, 0.29) is 0 Å². The highest BCUT2D eigenvalue weighted by atomic mass is 16.5. The summed E-state index contributed by atoms with van der Waals surface area (Å²) in [5.74, 6) is 0.920. The molecule has 23 heavy (non-hydrogen) atoms. The van der Waals surface area contributed by atoms with E-state index in [1.54, 1.807) is 7.11 Å². The van der Waals surface area contributed by atoms with Crippen LogP contribution in [0.4, 0.5) is 5.69 Å². The minimum Gasteiger partial charge on any atom is -0.497 e. The molecule has 0 aliphatic carbocycles. The highest BCUT2D eigenvalue weighted by Crippen LogP contribution is 2.22. The van der Waals surface area contributed by atoms with Gasteiger partial charge in [-0.05, 0) is 73.7 Å². The van der Waals surface area contributed by atoms with Crippen LogP contribution in [0.15, 0.2) is 42.5 Å². The first kappa shape index (κ1) is 15.9. The molecule has 122 valence electrons. The fourth-order valence-corrected chi connectivity index (χ4v) is 3.07. The van der Waals surface area contributed by atoms with Gasteiger partial charge in [0.15, 0.2) is 0 Å². The molecule has 1 aliphatic rings. The van der Waals surface area contributed by atoms with Crippen LogP contribution in [-0.4, -0.2) is 26.7 Å². The molecule has 2 aromatic carbocycles. The van der Waals surface area contributed by atoms with E-state index in [9.17, 15) is 0 Å². The molecule has 0 radical (unpaired) electrons. The SMILES string of the molecule is COc1ccc(CCNCCc2ccc3c(c2)CCCN3)cc1. The summed E-state index contributed by atoms with van der Waals surface area (Å²) in [6.45, 7) is 3.15. The van der Waals surface area contributed by atoms with Gasteiger partial charge in [-0.25, -0.2) is 0 Å². The van der Waals surface area contributed by atoms with Crippen LogP contribution in [0.1, 0.15) is 23.1 Å². The first-order valence-corrected chi connectivity index (χ1v) is 8.54. The number of methoxy groups -OCH3 is 1. The molecule has 0 unspecified atom stereocenters. The number of benzene rings is 2. The van der Waals surface area contributed by atoms with Crippen molar-refractivity contribution in [2.75, 3.05) is 32.1 Å². The predicted molar refractivity (Wildman–Crippen MR) is 96.5 cm³/mol. The quantitative estimate of drug-likeness (QED) is 0.769. The lowest BCUT2D eigenvalue weighted by Crippen LogP contribution is -2.20. The van der Waals surface area contributed by atoms with Crippen LogP contribution in [0.2, 0.25) is 0 Å². The number of aryl methyl sites for hydroxylation is 1. The van der Waals surface area contributed by atoms with Gasteiger partial charge in [-0.1, -0.05) is 24.3 Å². The van der Waals surface area contributed by atoms with Crippen LogP contribution < -0.4 is 15.4 Å². The fourth-order valence-electron chi connectivity index (χ4n) is 3.07. The molecule has 1 aliphatic heterocycles. The largest absolute Gasteiger partial charge is 0.497 e. The van der Waals surface area contributed by atoms with Gasteiger partial charge in [0, 0.05) is 12.2 Å². The third kappa shape index (κ3) is 4.49. The third-order valence-electron chi connectivity index (χ3n) is 4.45. The van der Waals surface area contributed by atoms with Crippen LogP contribution in [0.5, 0.6) is 5.75 Å². The summed E-state index contributed by atoms with van der Waals surface area (Å²) >= 11 is 0. The zero-order chi connectivity index (χ0) is 15.9. The summed E-state index contributed by atoms with van der Waals surface area (Å²) in [6, 6.07) is 15.2. The van der Waals surface area contributed by atoms with Crippen LogP contribution >= 0.6 is 0 Å². The molecule has 0 bridgehead atoms. The van der Waals surface area contributed by atoms with E-state index >= 15 is 0 Å². The lowest BCUT2D eigenvalue weighted by Gasteiger charge is -2.18. The number of nitrogens with one attached hydrogen (secondary N) is 2. The molecule has 3 nitrogen and oxygen atoms in total. The minimum absolute atomic E-state index is 0.920. The van der Waals surface area contributed by atoms with Crippen molar-refractivity contribution in [2.45, 2.75) is 25.7 Å². The van der Waals surface area contributed by atoms with E-state index in [0.717, 1.165) is 38.2 Å². The Morgan fingerprint density at radius 2 is 1.74 bits per heavy atom. The molecule has 0 fully saturated rings. The highest BCUT2D eigenvalue weighted by Gasteiger charge is 2.08. The Morgan fingerprint density at radius 3 is 2.52 bits per heavy atom. The van der Waals surface area contributed by atoms with E-state index in [2.05, 4.69) is 41.0 Å².